The molecule has 0 fully saturated rings. The molecule has 1 atom stereocenters. The van der Waals surface area contributed by atoms with Gasteiger partial charge in [0.25, 0.3) is 0 Å². The summed E-state index contributed by atoms with van der Waals surface area (Å²) in [4.78, 5) is 0. The smallest absolute Gasteiger partial charge is 0.308 e. The van der Waals surface area contributed by atoms with Crippen LogP contribution in [-0.2, 0) is 13.3 Å². The monoisotopic (exact) mass is 126 g/mol. The van der Waals surface area contributed by atoms with Crippen molar-refractivity contribution in [3.63, 3.8) is 0 Å². The van der Waals surface area contributed by atoms with Gasteiger partial charge in [-0.3, -0.25) is 4.57 Å². The van der Waals surface area contributed by atoms with Gasteiger partial charge in [0.1, 0.15) is 0 Å². The van der Waals surface area contributed by atoms with Crippen LogP contribution in [0.1, 0.15) is 0 Å². The minimum atomic E-state index is -2.06. The second-order valence-electron chi connectivity index (χ2n) is 0.658. The van der Waals surface area contributed by atoms with Gasteiger partial charge in [-0.05, 0) is 0 Å². The molecular weight excluding hydrogens is 119 g/mol. The van der Waals surface area contributed by atoms with E-state index in [-0.39, 0.29) is 0 Å². The Balaban J connectivity index is 2.99. The Hall–Kier alpha value is 0.367. The summed E-state index contributed by atoms with van der Waals surface area (Å²) in [6.45, 7) is 0. The minimum absolute atomic E-state index is 0.490. The standard InChI is InChI=1S/CH7O3PSi/c1-3-5(2)4-6/h5H,1,6H3. The molecule has 0 amide bonds. The maximum atomic E-state index is 9.96. The predicted octanol–water partition coefficient (Wildman–Crippen LogP) is -0.681. The lowest BCUT2D eigenvalue weighted by atomic mass is 11.8. The molecule has 0 N–H and O–H groups in total. The lowest BCUT2D eigenvalue weighted by Gasteiger charge is -1.89. The second kappa shape index (κ2) is 3.55. The number of rotatable bonds is 2. The van der Waals surface area contributed by atoms with Crippen LogP contribution in [0, 0.1) is 0 Å². The Morgan fingerprint density at radius 3 is 2.33 bits per heavy atom. The molecule has 0 saturated carbocycles. The Labute approximate surface area is 40.1 Å². The summed E-state index contributed by atoms with van der Waals surface area (Å²) < 4.78 is 18.6. The zero-order chi connectivity index (χ0) is 4.99. The molecule has 0 saturated heterocycles. The van der Waals surface area contributed by atoms with Crippen molar-refractivity contribution in [2.45, 2.75) is 0 Å². The van der Waals surface area contributed by atoms with Gasteiger partial charge in [0.15, 0.2) is 10.5 Å². The molecule has 0 aromatic rings. The molecule has 0 rings (SSSR count). The largest absolute Gasteiger partial charge is 0.364 e. The Kier molecular flexibility index (Phi) is 3.77. The van der Waals surface area contributed by atoms with Crippen LogP contribution in [0.3, 0.4) is 0 Å². The molecular formula is CH7O3PSi. The van der Waals surface area contributed by atoms with E-state index in [2.05, 4.69) is 8.74 Å². The van der Waals surface area contributed by atoms with Crippen molar-refractivity contribution in [1.29, 1.82) is 0 Å². The normalized spacial score (nSPS) is 14.8. The summed E-state index contributed by atoms with van der Waals surface area (Å²) in [6, 6.07) is 0. The van der Waals surface area contributed by atoms with Gasteiger partial charge in [0, 0.05) is 7.11 Å². The molecule has 0 radical (unpaired) electrons. The molecule has 0 aliphatic carbocycles. The second-order valence-corrected chi connectivity index (χ2v) is 3.20. The zero-order valence-corrected chi connectivity index (χ0v) is 6.72. The van der Waals surface area contributed by atoms with Crippen LogP contribution in [-0.4, -0.2) is 17.6 Å². The van der Waals surface area contributed by atoms with Crippen molar-refractivity contribution in [1.82, 2.24) is 0 Å². The van der Waals surface area contributed by atoms with E-state index >= 15 is 0 Å². The quantitative estimate of drug-likeness (QED) is 0.363. The van der Waals surface area contributed by atoms with Gasteiger partial charge in [-0.25, -0.2) is 0 Å². The third-order valence-electron chi connectivity index (χ3n) is 0.333. The van der Waals surface area contributed by atoms with Crippen LogP contribution in [0.25, 0.3) is 0 Å². The summed E-state index contributed by atoms with van der Waals surface area (Å²) in [5.74, 6) is 0. The third-order valence-corrected chi connectivity index (χ3v) is 2.00. The van der Waals surface area contributed by atoms with Crippen molar-refractivity contribution < 1.29 is 13.3 Å². The fourth-order valence-electron chi connectivity index (χ4n) is 0.0833. The lowest BCUT2D eigenvalue weighted by Crippen LogP contribution is -1.69. The van der Waals surface area contributed by atoms with Gasteiger partial charge in [-0.1, -0.05) is 0 Å². The average Bonchev–Trinajstić information content (AvgIpc) is 1.65. The summed E-state index contributed by atoms with van der Waals surface area (Å²) in [7, 11) is -0.206. The van der Waals surface area contributed by atoms with E-state index in [9.17, 15) is 4.57 Å². The number of hydrogen-bond donors (Lipinski definition) is 0. The molecule has 0 heterocycles. The van der Waals surface area contributed by atoms with Crippen molar-refractivity contribution in [2.75, 3.05) is 7.11 Å². The zero-order valence-electron chi connectivity index (χ0n) is 3.72. The Bertz CT molecular complexity index is 48.8. The van der Waals surface area contributed by atoms with Crippen molar-refractivity contribution in [3.8, 4) is 0 Å². The first-order valence-electron chi connectivity index (χ1n) is 1.43. The molecule has 38 valence electrons. The van der Waals surface area contributed by atoms with Gasteiger partial charge >= 0.3 is 8.25 Å². The van der Waals surface area contributed by atoms with Gasteiger partial charge < -0.3 is 8.74 Å². The molecule has 0 aliphatic rings. The summed E-state index contributed by atoms with van der Waals surface area (Å²) in [5, 5.41) is 0. The van der Waals surface area contributed by atoms with Crippen LogP contribution < -0.4 is 0 Å². The maximum Gasteiger partial charge on any atom is 0.308 e. The highest BCUT2D eigenvalue weighted by Gasteiger charge is 1.82. The average molecular weight is 126 g/mol. The van der Waals surface area contributed by atoms with E-state index in [0.29, 0.717) is 10.5 Å². The van der Waals surface area contributed by atoms with E-state index in [1.54, 1.807) is 0 Å². The Morgan fingerprint density at radius 1 is 1.83 bits per heavy atom. The van der Waals surface area contributed by atoms with Crippen LogP contribution in [0.5, 0.6) is 0 Å². The van der Waals surface area contributed by atoms with Gasteiger partial charge in [0.05, 0.1) is 0 Å². The van der Waals surface area contributed by atoms with E-state index in [1.807, 2.05) is 0 Å². The van der Waals surface area contributed by atoms with E-state index in [1.165, 1.54) is 7.11 Å². The fourth-order valence-corrected chi connectivity index (χ4v) is 0.750. The SMILES string of the molecule is CO[PH](=O)O[SiH3]. The van der Waals surface area contributed by atoms with Crippen LogP contribution in [0.4, 0.5) is 0 Å². The molecule has 0 spiro atoms. The molecule has 0 aromatic carbocycles. The van der Waals surface area contributed by atoms with E-state index < -0.39 is 8.25 Å². The highest BCUT2D eigenvalue weighted by Crippen LogP contribution is 2.17. The molecule has 6 heavy (non-hydrogen) atoms. The Morgan fingerprint density at radius 2 is 2.33 bits per heavy atom. The molecule has 3 nitrogen and oxygen atoms in total. The highest BCUT2D eigenvalue weighted by atomic mass is 31.1. The highest BCUT2D eigenvalue weighted by molar-refractivity contribution is 7.34. The van der Waals surface area contributed by atoms with Gasteiger partial charge in [0.2, 0.25) is 0 Å². The third kappa shape index (κ3) is 2.60. The maximum absolute atomic E-state index is 9.96. The van der Waals surface area contributed by atoms with Crippen molar-refractivity contribution in [2.24, 2.45) is 0 Å². The first-order chi connectivity index (χ1) is 2.81. The topological polar surface area (TPSA) is 35.5 Å². The van der Waals surface area contributed by atoms with Crippen molar-refractivity contribution >= 4 is 18.7 Å². The first kappa shape index (κ1) is 6.37. The molecule has 5 heteroatoms. The van der Waals surface area contributed by atoms with Gasteiger partial charge in [-0.15, -0.1) is 0 Å². The van der Waals surface area contributed by atoms with E-state index in [4.69, 9.17) is 0 Å². The molecule has 0 aromatic heterocycles. The predicted molar refractivity (Wildman–Crippen MR) is 27.0 cm³/mol. The minimum Gasteiger partial charge on any atom is -0.364 e. The van der Waals surface area contributed by atoms with Crippen molar-refractivity contribution in [3.05, 3.63) is 0 Å². The summed E-state index contributed by atoms with van der Waals surface area (Å²) in [5.41, 5.74) is 0. The molecule has 0 aliphatic heterocycles. The first-order valence-corrected chi connectivity index (χ1v) is 3.47. The van der Waals surface area contributed by atoms with Crippen LogP contribution >= 0.6 is 8.25 Å². The lowest BCUT2D eigenvalue weighted by molar-refractivity contribution is 0.357. The summed E-state index contributed by atoms with van der Waals surface area (Å²) in [6.07, 6.45) is 0. The van der Waals surface area contributed by atoms with E-state index in [0.717, 1.165) is 0 Å². The fraction of sp³-hybridized carbons (Fsp3) is 1.00. The van der Waals surface area contributed by atoms with Gasteiger partial charge in [-0.2, -0.15) is 0 Å². The number of hydrogen-bond acceptors (Lipinski definition) is 3. The molecule has 0 bridgehead atoms. The van der Waals surface area contributed by atoms with Crippen LogP contribution in [0.15, 0.2) is 0 Å². The molecule has 1 unspecified atom stereocenters. The van der Waals surface area contributed by atoms with Crippen LogP contribution in [0.2, 0.25) is 0 Å². The summed E-state index contributed by atoms with van der Waals surface area (Å²) >= 11 is 0.